The van der Waals surface area contributed by atoms with Gasteiger partial charge in [0.05, 0.1) is 0 Å². The number of carbonyl (C=O) groups excluding carboxylic acids is 1. The summed E-state index contributed by atoms with van der Waals surface area (Å²) in [5, 5.41) is 0. The second kappa shape index (κ2) is 4.25. The van der Waals surface area contributed by atoms with Crippen molar-refractivity contribution in [1.29, 1.82) is 0 Å². The van der Waals surface area contributed by atoms with E-state index in [-0.39, 0.29) is 0 Å². The third-order valence-corrected chi connectivity index (χ3v) is 5.02. The number of Topliss-reactive ketones (excluding diaryl/α,β-unsaturated/α-hetero) is 1. The summed E-state index contributed by atoms with van der Waals surface area (Å²) in [5.74, 6) is 3.04. The van der Waals surface area contributed by atoms with Crippen LogP contribution in [0.5, 0.6) is 0 Å². The molecule has 1 aromatic carbocycles. The highest BCUT2D eigenvalue weighted by Gasteiger charge is 2.29. The van der Waals surface area contributed by atoms with Crippen LogP contribution in [0.25, 0.3) is 0 Å². The summed E-state index contributed by atoms with van der Waals surface area (Å²) in [6.07, 6.45) is 4.01. The minimum Gasteiger partial charge on any atom is -0.300 e. The zero-order valence-corrected chi connectivity index (χ0v) is 10.1. The zero-order chi connectivity index (χ0) is 11.0. The molecule has 0 radical (unpaired) electrons. The quantitative estimate of drug-likeness (QED) is 0.774. The Morgan fingerprint density at radius 3 is 3.00 bits per heavy atom. The van der Waals surface area contributed by atoms with Gasteiger partial charge in [0.2, 0.25) is 0 Å². The molecule has 16 heavy (non-hydrogen) atoms. The Bertz CT molecular complexity index is 413. The molecule has 2 unspecified atom stereocenters. The standard InChI is InChI=1S/C14H16OS/c15-12-6-5-10(8-12)7-11-9-16-14-4-2-1-3-13(11)14/h1-4,10-11H,5-9H2. The van der Waals surface area contributed by atoms with Crippen molar-refractivity contribution in [2.24, 2.45) is 5.92 Å². The van der Waals surface area contributed by atoms with Crippen LogP contribution in [-0.4, -0.2) is 11.5 Å². The molecule has 1 aliphatic heterocycles. The SMILES string of the molecule is O=C1CCC(CC2CSc3ccccc32)C1. The maximum Gasteiger partial charge on any atom is 0.133 e. The van der Waals surface area contributed by atoms with Crippen LogP contribution in [0.3, 0.4) is 0 Å². The normalized spacial score (nSPS) is 28.4. The Morgan fingerprint density at radius 1 is 1.31 bits per heavy atom. The number of hydrogen-bond acceptors (Lipinski definition) is 2. The summed E-state index contributed by atoms with van der Waals surface area (Å²) in [4.78, 5) is 12.7. The molecular weight excluding hydrogens is 216 g/mol. The van der Waals surface area contributed by atoms with Crippen molar-refractivity contribution in [3.8, 4) is 0 Å². The van der Waals surface area contributed by atoms with Gasteiger partial charge in [-0.25, -0.2) is 0 Å². The van der Waals surface area contributed by atoms with E-state index in [2.05, 4.69) is 24.3 Å². The summed E-state index contributed by atoms with van der Waals surface area (Å²) in [6.45, 7) is 0. The molecule has 1 aromatic rings. The lowest BCUT2D eigenvalue weighted by molar-refractivity contribution is -0.117. The summed E-state index contributed by atoms with van der Waals surface area (Å²) < 4.78 is 0. The molecule has 84 valence electrons. The van der Waals surface area contributed by atoms with Crippen molar-refractivity contribution in [2.75, 3.05) is 5.75 Å². The van der Waals surface area contributed by atoms with Gasteiger partial charge in [-0.1, -0.05) is 18.2 Å². The van der Waals surface area contributed by atoms with Gasteiger partial charge in [-0.3, -0.25) is 4.79 Å². The third kappa shape index (κ3) is 1.91. The van der Waals surface area contributed by atoms with Crippen molar-refractivity contribution in [3.63, 3.8) is 0 Å². The highest BCUT2D eigenvalue weighted by molar-refractivity contribution is 7.99. The summed E-state index contributed by atoms with van der Waals surface area (Å²) in [5.41, 5.74) is 1.52. The number of rotatable bonds is 2. The first-order valence-corrected chi connectivity index (χ1v) is 7.05. The van der Waals surface area contributed by atoms with Crippen molar-refractivity contribution < 1.29 is 4.79 Å². The molecule has 1 aliphatic carbocycles. The molecule has 3 rings (SSSR count). The number of benzene rings is 1. The lowest BCUT2D eigenvalue weighted by Gasteiger charge is -2.14. The van der Waals surface area contributed by atoms with E-state index in [1.807, 2.05) is 11.8 Å². The summed E-state index contributed by atoms with van der Waals surface area (Å²) >= 11 is 1.98. The maximum absolute atomic E-state index is 11.3. The second-order valence-corrected chi connectivity index (χ2v) is 5.99. The fraction of sp³-hybridized carbons (Fsp3) is 0.500. The molecule has 1 heterocycles. The molecule has 0 saturated heterocycles. The highest BCUT2D eigenvalue weighted by atomic mass is 32.2. The molecule has 2 aliphatic rings. The van der Waals surface area contributed by atoms with Crippen LogP contribution in [0.1, 0.15) is 37.2 Å². The number of thioether (sulfide) groups is 1. The van der Waals surface area contributed by atoms with E-state index in [0.717, 1.165) is 19.3 Å². The molecule has 1 fully saturated rings. The molecular formula is C14H16OS. The lowest BCUT2D eigenvalue weighted by Crippen LogP contribution is -2.05. The highest BCUT2D eigenvalue weighted by Crippen LogP contribution is 2.44. The Hall–Kier alpha value is -0.760. The molecule has 0 aromatic heterocycles. The van der Waals surface area contributed by atoms with Gasteiger partial charge in [-0.2, -0.15) is 0 Å². The van der Waals surface area contributed by atoms with Crippen molar-refractivity contribution in [2.45, 2.75) is 36.5 Å². The van der Waals surface area contributed by atoms with Crippen LogP contribution in [0.4, 0.5) is 0 Å². The topological polar surface area (TPSA) is 17.1 Å². The zero-order valence-electron chi connectivity index (χ0n) is 9.32. The maximum atomic E-state index is 11.3. The predicted octanol–water partition coefficient (Wildman–Crippen LogP) is 3.64. The first-order chi connectivity index (χ1) is 7.83. The smallest absolute Gasteiger partial charge is 0.133 e. The first-order valence-electron chi connectivity index (χ1n) is 6.06. The Morgan fingerprint density at radius 2 is 2.19 bits per heavy atom. The predicted molar refractivity (Wildman–Crippen MR) is 66.9 cm³/mol. The van der Waals surface area contributed by atoms with Gasteiger partial charge in [-0.05, 0) is 36.3 Å². The van der Waals surface area contributed by atoms with Gasteiger partial charge in [0.25, 0.3) is 0 Å². The van der Waals surface area contributed by atoms with E-state index in [1.54, 1.807) is 0 Å². The second-order valence-electron chi connectivity index (χ2n) is 4.93. The molecule has 0 N–H and O–H groups in total. The number of ketones is 1. The van der Waals surface area contributed by atoms with Crippen LogP contribution in [0.15, 0.2) is 29.2 Å². The molecule has 2 atom stereocenters. The minimum absolute atomic E-state index is 0.476. The van der Waals surface area contributed by atoms with Gasteiger partial charge in [0.1, 0.15) is 5.78 Å². The molecule has 2 heteroatoms. The molecule has 0 spiro atoms. The van der Waals surface area contributed by atoms with Crippen LogP contribution in [0, 0.1) is 5.92 Å². The minimum atomic E-state index is 0.476. The average Bonchev–Trinajstić information content (AvgIpc) is 2.87. The molecule has 0 bridgehead atoms. The number of carbonyl (C=O) groups is 1. The number of fused-ring (bicyclic) bond motifs is 1. The Labute approximate surface area is 101 Å². The lowest BCUT2D eigenvalue weighted by atomic mass is 9.89. The van der Waals surface area contributed by atoms with E-state index >= 15 is 0 Å². The molecule has 0 amide bonds. The van der Waals surface area contributed by atoms with Crippen molar-refractivity contribution in [1.82, 2.24) is 0 Å². The Kier molecular flexibility index (Phi) is 2.76. The van der Waals surface area contributed by atoms with Crippen LogP contribution < -0.4 is 0 Å². The van der Waals surface area contributed by atoms with Gasteiger partial charge in [0, 0.05) is 23.5 Å². The number of hydrogen-bond donors (Lipinski definition) is 0. The van der Waals surface area contributed by atoms with Crippen LogP contribution in [-0.2, 0) is 4.79 Å². The van der Waals surface area contributed by atoms with Crippen LogP contribution in [0.2, 0.25) is 0 Å². The van der Waals surface area contributed by atoms with Crippen LogP contribution >= 0.6 is 11.8 Å². The third-order valence-electron chi connectivity index (χ3n) is 3.76. The molecule has 1 nitrogen and oxygen atoms in total. The van der Waals surface area contributed by atoms with Gasteiger partial charge >= 0.3 is 0 Å². The summed E-state index contributed by atoms with van der Waals surface area (Å²) in [6, 6.07) is 8.74. The van der Waals surface area contributed by atoms with E-state index in [9.17, 15) is 4.79 Å². The van der Waals surface area contributed by atoms with Gasteiger partial charge in [-0.15, -0.1) is 11.8 Å². The van der Waals surface area contributed by atoms with E-state index in [0.29, 0.717) is 17.6 Å². The fourth-order valence-electron chi connectivity index (χ4n) is 2.92. The van der Waals surface area contributed by atoms with Gasteiger partial charge in [0.15, 0.2) is 0 Å². The monoisotopic (exact) mass is 232 g/mol. The average molecular weight is 232 g/mol. The van der Waals surface area contributed by atoms with Crippen molar-refractivity contribution >= 4 is 17.5 Å². The fourth-order valence-corrected chi connectivity index (χ4v) is 4.19. The van der Waals surface area contributed by atoms with Gasteiger partial charge < -0.3 is 0 Å². The molecule has 1 saturated carbocycles. The van der Waals surface area contributed by atoms with E-state index < -0.39 is 0 Å². The summed E-state index contributed by atoms with van der Waals surface area (Å²) in [7, 11) is 0. The van der Waals surface area contributed by atoms with Crippen molar-refractivity contribution in [3.05, 3.63) is 29.8 Å². The largest absolute Gasteiger partial charge is 0.300 e. The van der Waals surface area contributed by atoms with E-state index in [4.69, 9.17) is 0 Å². The Balaban J connectivity index is 1.71. The van der Waals surface area contributed by atoms with E-state index in [1.165, 1.54) is 22.6 Å². The first kappa shape index (κ1) is 10.4.